The van der Waals surface area contributed by atoms with E-state index < -0.39 is 13.9 Å². The first-order valence-corrected chi connectivity index (χ1v) is 15.8. The van der Waals surface area contributed by atoms with Crippen LogP contribution in [0.1, 0.15) is 54.9 Å². The Bertz CT molecular complexity index is 941. The van der Waals surface area contributed by atoms with Crippen LogP contribution < -0.4 is 4.72 Å². The highest BCUT2D eigenvalue weighted by Gasteiger charge is 2.37. The van der Waals surface area contributed by atoms with Gasteiger partial charge in [-0.15, -0.1) is 0 Å². The molecule has 8 heteroatoms. The minimum atomic E-state index is -1.80. The van der Waals surface area contributed by atoms with Gasteiger partial charge in [0.15, 0.2) is 8.32 Å². The molecule has 1 aromatic heterocycles. The SMILES string of the molecule is C[C@@H](CN(CCCO[Si](C)(C)C(C)(C)C)C(=O)OC(C)(C)C)NSc1ccc2cnccc2c1. The van der Waals surface area contributed by atoms with Crippen molar-refractivity contribution in [2.24, 2.45) is 0 Å². The number of amides is 1. The summed E-state index contributed by atoms with van der Waals surface area (Å²) < 4.78 is 15.5. The van der Waals surface area contributed by atoms with Crippen molar-refractivity contribution in [3.8, 4) is 0 Å². The summed E-state index contributed by atoms with van der Waals surface area (Å²) in [5.41, 5.74) is -0.529. The number of nitrogens with zero attached hydrogens (tertiary/aromatic N) is 2. The Labute approximate surface area is 211 Å². The van der Waals surface area contributed by atoms with Crippen LogP contribution in [0.2, 0.25) is 18.1 Å². The van der Waals surface area contributed by atoms with Crippen molar-refractivity contribution >= 4 is 37.1 Å². The topological polar surface area (TPSA) is 63.7 Å². The zero-order valence-corrected chi connectivity index (χ0v) is 24.2. The van der Waals surface area contributed by atoms with Gasteiger partial charge in [-0.2, -0.15) is 0 Å². The maximum atomic E-state index is 12.9. The fraction of sp³-hybridized carbons (Fsp3) is 0.615. The van der Waals surface area contributed by atoms with Gasteiger partial charge in [-0.05, 0) is 87.8 Å². The smallest absolute Gasteiger partial charge is 0.410 e. The summed E-state index contributed by atoms with van der Waals surface area (Å²) >= 11 is 1.58. The third-order valence-electron chi connectivity index (χ3n) is 5.98. The Kier molecular flexibility index (Phi) is 10.0. The summed E-state index contributed by atoms with van der Waals surface area (Å²) in [7, 11) is -1.80. The Morgan fingerprint density at radius 3 is 2.50 bits per heavy atom. The molecule has 0 spiro atoms. The van der Waals surface area contributed by atoms with Gasteiger partial charge in [-0.1, -0.05) is 26.8 Å². The molecule has 0 bridgehead atoms. The zero-order chi connectivity index (χ0) is 25.6. The van der Waals surface area contributed by atoms with Crippen molar-refractivity contribution in [2.75, 3.05) is 19.7 Å². The fourth-order valence-corrected chi connectivity index (χ4v) is 4.87. The van der Waals surface area contributed by atoms with Crippen molar-refractivity contribution in [3.05, 3.63) is 36.7 Å². The van der Waals surface area contributed by atoms with Gasteiger partial charge in [0.2, 0.25) is 0 Å². The third-order valence-corrected chi connectivity index (χ3v) is 11.5. The van der Waals surface area contributed by atoms with Crippen LogP contribution in [0.5, 0.6) is 0 Å². The predicted molar refractivity (Wildman–Crippen MR) is 146 cm³/mol. The van der Waals surface area contributed by atoms with Crippen molar-refractivity contribution < 1.29 is 14.0 Å². The van der Waals surface area contributed by atoms with Crippen molar-refractivity contribution in [2.45, 2.75) is 89.6 Å². The fourth-order valence-electron chi connectivity index (χ4n) is 3.04. The minimum Gasteiger partial charge on any atom is -0.444 e. The maximum Gasteiger partial charge on any atom is 0.410 e. The first-order chi connectivity index (χ1) is 15.7. The molecule has 34 heavy (non-hydrogen) atoms. The van der Waals surface area contributed by atoms with Crippen LogP contribution in [-0.4, -0.2) is 55.6 Å². The number of nitrogens with one attached hydrogen (secondary N) is 1. The molecule has 0 unspecified atom stereocenters. The van der Waals surface area contributed by atoms with Gasteiger partial charge in [-0.25, -0.2) is 4.79 Å². The van der Waals surface area contributed by atoms with E-state index in [0.29, 0.717) is 19.7 Å². The molecule has 1 heterocycles. The molecule has 0 radical (unpaired) electrons. The largest absolute Gasteiger partial charge is 0.444 e. The second-order valence-corrected chi connectivity index (χ2v) is 17.1. The van der Waals surface area contributed by atoms with Crippen molar-refractivity contribution in [1.29, 1.82) is 0 Å². The molecule has 1 amide bonds. The van der Waals surface area contributed by atoms with Crippen LogP contribution in [-0.2, 0) is 9.16 Å². The van der Waals surface area contributed by atoms with E-state index >= 15 is 0 Å². The van der Waals surface area contributed by atoms with Gasteiger partial charge in [0.1, 0.15) is 5.60 Å². The summed E-state index contributed by atoms with van der Waals surface area (Å²) in [5.74, 6) is 0. The van der Waals surface area contributed by atoms with Crippen LogP contribution in [0.25, 0.3) is 10.8 Å². The van der Waals surface area contributed by atoms with Gasteiger partial charge in [0, 0.05) is 48.4 Å². The third kappa shape index (κ3) is 9.21. The number of carbonyl (C=O) groups excluding carboxylic acids is 1. The quantitative estimate of drug-likeness (QED) is 0.216. The van der Waals surface area contributed by atoms with Crippen molar-refractivity contribution in [3.63, 3.8) is 0 Å². The van der Waals surface area contributed by atoms with Crippen LogP contribution in [0, 0.1) is 0 Å². The van der Waals surface area contributed by atoms with E-state index in [0.717, 1.165) is 22.1 Å². The maximum absolute atomic E-state index is 12.9. The predicted octanol–water partition coefficient (Wildman–Crippen LogP) is 6.87. The Balaban J connectivity index is 1.94. The molecule has 0 saturated carbocycles. The number of hydrogen-bond donors (Lipinski definition) is 1. The number of benzene rings is 1. The van der Waals surface area contributed by atoms with E-state index in [-0.39, 0.29) is 17.2 Å². The van der Waals surface area contributed by atoms with Gasteiger partial charge >= 0.3 is 6.09 Å². The van der Waals surface area contributed by atoms with E-state index in [1.54, 1.807) is 23.0 Å². The first kappa shape index (κ1) is 28.6. The molecule has 0 aliphatic rings. The summed E-state index contributed by atoms with van der Waals surface area (Å²) in [6.45, 7) is 20.8. The summed E-state index contributed by atoms with van der Waals surface area (Å²) in [6.07, 6.45) is 4.18. The van der Waals surface area contributed by atoms with Gasteiger partial charge in [0.05, 0.1) is 0 Å². The number of hydrogen-bond acceptors (Lipinski definition) is 6. The number of pyridine rings is 1. The molecule has 0 aliphatic carbocycles. The number of rotatable bonds is 10. The van der Waals surface area contributed by atoms with E-state index in [4.69, 9.17) is 9.16 Å². The Morgan fingerprint density at radius 1 is 1.15 bits per heavy atom. The van der Waals surface area contributed by atoms with Crippen molar-refractivity contribution in [1.82, 2.24) is 14.6 Å². The molecule has 1 aromatic carbocycles. The highest BCUT2D eigenvalue weighted by molar-refractivity contribution is 7.97. The Morgan fingerprint density at radius 2 is 1.85 bits per heavy atom. The highest BCUT2D eigenvalue weighted by atomic mass is 32.2. The summed E-state index contributed by atoms with van der Waals surface area (Å²) in [6, 6.07) is 8.39. The molecule has 0 fully saturated rings. The van der Waals surface area contributed by atoms with Crippen LogP contribution in [0.3, 0.4) is 0 Å². The molecule has 2 rings (SSSR count). The first-order valence-electron chi connectivity index (χ1n) is 12.1. The van der Waals surface area contributed by atoms with Gasteiger partial charge in [-0.3, -0.25) is 9.71 Å². The lowest BCUT2D eigenvalue weighted by Gasteiger charge is -2.36. The van der Waals surface area contributed by atoms with Gasteiger partial charge < -0.3 is 14.1 Å². The monoisotopic (exact) mass is 505 g/mol. The number of fused-ring (bicyclic) bond motifs is 1. The Hall–Kier alpha value is -1.61. The zero-order valence-electron chi connectivity index (χ0n) is 22.4. The summed E-state index contributed by atoms with van der Waals surface area (Å²) in [4.78, 5) is 20.0. The normalized spacial score (nSPS) is 13.7. The average Bonchev–Trinajstić information content (AvgIpc) is 2.72. The number of aromatic nitrogens is 1. The number of carbonyl (C=O) groups is 1. The van der Waals surface area contributed by atoms with Crippen LogP contribution in [0.15, 0.2) is 41.6 Å². The molecular formula is C26H43N3O3SSi. The second kappa shape index (κ2) is 11.9. The molecule has 1 atom stereocenters. The lowest BCUT2D eigenvalue weighted by atomic mass is 10.2. The van der Waals surface area contributed by atoms with E-state index in [2.05, 4.69) is 68.7 Å². The van der Waals surface area contributed by atoms with Gasteiger partial charge in [0.25, 0.3) is 0 Å². The molecule has 1 N–H and O–H groups in total. The minimum absolute atomic E-state index is 0.0759. The van der Waals surface area contributed by atoms with E-state index in [9.17, 15) is 4.79 Å². The van der Waals surface area contributed by atoms with Crippen LogP contribution in [0.4, 0.5) is 4.79 Å². The lowest BCUT2D eigenvalue weighted by molar-refractivity contribution is 0.0230. The van der Waals surface area contributed by atoms with E-state index in [1.165, 1.54) is 0 Å². The highest BCUT2D eigenvalue weighted by Crippen LogP contribution is 2.36. The lowest BCUT2D eigenvalue weighted by Crippen LogP contribution is -2.44. The molecule has 6 nitrogen and oxygen atoms in total. The van der Waals surface area contributed by atoms with E-state index in [1.807, 2.05) is 33.0 Å². The van der Waals surface area contributed by atoms with Crippen LogP contribution >= 0.6 is 11.9 Å². The molecule has 2 aromatic rings. The number of ether oxygens (including phenoxy) is 1. The molecule has 0 aliphatic heterocycles. The molecule has 0 saturated heterocycles. The second-order valence-electron chi connectivity index (χ2n) is 11.4. The standard InChI is InChI=1S/C26H43N3O3SSi/c1-20(28-33-23-12-11-22-18-27-14-13-21(22)17-23)19-29(24(30)32-25(2,3)4)15-10-16-31-34(8,9)26(5,6)7/h11-14,17-18,20,28H,10,15-16,19H2,1-9H3/t20-/m0/s1. The summed E-state index contributed by atoms with van der Waals surface area (Å²) in [5, 5.41) is 2.45. The molecule has 190 valence electrons. The average molecular weight is 506 g/mol. The molecular weight excluding hydrogens is 462 g/mol.